The molecule has 18 heavy (non-hydrogen) atoms. The van der Waals surface area contributed by atoms with E-state index in [0.717, 1.165) is 17.8 Å². The smallest absolute Gasteiger partial charge is 0.0843 e. The van der Waals surface area contributed by atoms with Crippen LogP contribution >= 0.6 is 43.2 Å². The molecule has 1 N–H and O–H groups in total. The van der Waals surface area contributed by atoms with Gasteiger partial charge in [0.1, 0.15) is 0 Å². The lowest BCUT2D eigenvalue weighted by Crippen LogP contribution is -2.38. The van der Waals surface area contributed by atoms with Crippen molar-refractivity contribution in [2.45, 2.75) is 38.0 Å². The molecule has 1 aromatic heterocycles. The highest BCUT2D eigenvalue weighted by atomic mass is 79.9. The monoisotopic (exact) mass is 391 g/mol. The van der Waals surface area contributed by atoms with Crippen molar-refractivity contribution >= 4 is 43.2 Å². The van der Waals surface area contributed by atoms with Gasteiger partial charge >= 0.3 is 0 Å². The number of hydrogen-bond donors (Lipinski definition) is 1. The molecule has 3 rings (SSSR count). The van der Waals surface area contributed by atoms with Crippen LogP contribution < -0.4 is 5.32 Å². The Morgan fingerprint density at radius 3 is 2.61 bits per heavy atom. The fourth-order valence-corrected chi connectivity index (χ4v) is 5.96. The van der Waals surface area contributed by atoms with Crippen molar-refractivity contribution < 1.29 is 0 Å². The van der Waals surface area contributed by atoms with E-state index >= 15 is 0 Å². The van der Waals surface area contributed by atoms with Crippen LogP contribution in [0.25, 0.3) is 0 Å². The van der Waals surface area contributed by atoms with Crippen molar-refractivity contribution in [1.82, 2.24) is 5.32 Å². The number of rotatable bonds is 2. The van der Waals surface area contributed by atoms with E-state index in [1.54, 1.807) is 4.88 Å². The molecule has 1 saturated heterocycles. The summed E-state index contributed by atoms with van der Waals surface area (Å²) < 4.78 is 2.48. The molecule has 0 amide bonds. The first-order chi connectivity index (χ1) is 8.75. The Morgan fingerprint density at radius 1 is 1.17 bits per heavy atom. The molecular weight excluding hydrogens is 374 g/mol. The number of thiophene rings is 1. The van der Waals surface area contributed by atoms with Gasteiger partial charge in [0.2, 0.25) is 0 Å². The molecule has 1 nitrogen and oxygen atoms in total. The van der Waals surface area contributed by atoms with Gasteiger partial charge < -0.3 is 5.32 Å². The van der Waals surface area contributed by atoms with Crippen LogP contribution in [0.1, 0.15) is 42.9 Å². The molecule has 4 heteroatoms. The lowest BCUT2D eigenvalue weighted by Gasteiger charge is -2.35. The molecule has 1 aromatic rings. The molecular formula is C14H19Br2NS. The maximum Gasteiger partial charge on any atom is 0.0843 e. The highest BCUT2D eigenvalue weighted by Gasteiger charge is 2.35. The first-order valence-electron chi connectivity index (χ1n) is 6.91. The molecule has 0 spiro atoms. The van der Waals surface area contributed by atoms with Gasteiger partial charge in [-0.2, -0.15) is 0 Å². The molecule has 0 radical (unpaired) electrons. The van der Waals surface area contributed by atoms with E-state index in [0.29, 0.717) is 0 Å². The first kappa shape index (κ1) is 13.6. The van der Waals surface area contributed by atoms with Crippen molar-refractivity contribution in [2.75, 3.05) is 13.1 Å². The maximum absolute atomic E-state index is 3.64. The average molecular weight is 393 g/mol. The summed E-state index contributed by atoms with van der Waals surface area (Å²) in [5.74, 6) is 2.60. The summed E-state index contributed by atoms with van der Waals surface area (Å²) >= 11 is 9.20. The molecule has 100 valence electrons. The Balaban J connectivity index is 1.82. The number of halogens is 2. The molecule has 2 heterocycles. The lowest BCUT2D eigenvalue weighted by atomic mass is 9.76. The quantitative estimate of drug-likeness (QED) is 0.733. The van der Waals surface area contributed by atoms with Gasteiger partial charge in [0.25, 0.3) is 0 Å². The van der Waals surface area contributed by atoms with E-state index in [9.17, 15) is 0 Å². The molecule has 2 unspecified atom stereocenters. The SMILES string of the molecule is Brc1cc(C2CCNCC2C2CCCC2)sc1Br. The number of nitrogens with one attached hydrogen (secondary N) is 1. The molecule has 2 aliphatic rings. The summed E-state index contributed by atoms with van der Waals surface area (Å²) in [5, 5.41) is 3.61. The van der Waals surface area contributed by atoms with Crippen molar-refractivity contribution in [3.8, 4) is 0 Å². The van der Waals surface area contributed by atoms with Crippen LogP contribution in [0.4, 0.5) is 0 Å². The van der Waals surface area contributed by atoms with Crippen molar-refractivity contribution in [1.29, 1.82) is 0 Å². The zero-order chi connectivity index (χ0) is 12.5. The third kappa shape index (κ3) is 2.72. The van der Waals surface area contributed by atoms with Crippen LogP contribution in [-0.2, 0) is 0 Å². The minimum atomic E-state index is 0.780. The zero-order valence-electron chi connectivity index (χ0n) is 10.4. The first-order valence-corrected chi connectivity index (χ1v) is 9.31. The van der Waals surface area contributed by atoms with Crippen molar-refractivity contribution in [3.63, 3.8) is 0 Å². The van der Waals surface area contributed by atoms with E-state index < -0.39 is 0 Å². The second-order valence-corrected chi connectivity index (χ2v) is 8.83. The van der Waals surface area contributed by atoms with Crippen LogP contribution in [0, 0.1) is 11.8 Å². The number of piperidine rings is 1. The highest BCUT2D eigenvalue weighted by Crippen LogP contribution is 2.46. The predicted octanol–water partition coefficient (Wildman–Crippen LogP) is 5.16. The topological polar surface area (TPSA) is 12.0 Å². The predicted molar refractivity (Wildman–Crippen MR) is 85.4 cm³/mol. The summed E-state index contributed by atoms with van der Waals surface area (Å²) in [6, 6.07) is 2.34. The fourth-order valence-electron chi connectivity index (χ4n) is 3.66. The Bertz CT molecular complexity index is 392. The van der Waals surface area contributed by atoms with E-state index in [1.165, 1.54) is 53.5 Å². The van der Waals surface area contributed by atoms with Gasteiger partial charge in [-0.3, -0.25) is 0 Å². The standard InChI is InChI=1S/C14H19Br2NS/c15-12-7-13(18-14(12)16)10-5-6-17-8-11(10)9-3-1-2-4-9/h7,9-11,17H,1-6,8H2. The summed E-state index contributed by atoms with van der Waals surface area (Å²) in [4.78, 5) is 1.58. The Morgan fingerprint density at radius 2 is 1.94 bits per heavy atom. The molecule has 1 aliphatic carbocycles. The zero-order valence-corrected chi connectivity index (χ0v) is 14.4. The van der Waals surface area contributed by atoms with Crippen LogP contribution in [0.15, 0.2) is 14.3 Å². The van der Waals surface area contributed by atoms with Gasteiger partial charge in [0, 0.05) is 9.35 Å². The van der Waals surface area contributed by atoms with Crippen LogP contribution in [0.2, 0.25) is 0 Å². The van der Waals surface area contributed by atoms with Crippen LogP contribution in [-0.4, -0.2) is 13.1 Å². The van der Waals surface area contributed by atoms with Crippen LogP contribution in [0.3, 0.4) is 0 Å². The molecule has 0 bridgehead atoms. The highest BCUT2D eigenvalue weighted by molar-refractivity contribution is 9.13. The molecule has 1 saturated carbocycles. The molecule has 0 aromatic carbocycles. The van der Waals surface area contributed by atoms with Crippen molar-refractivity contribution in [3.05, 3.63) is 19.2 Å². The summed E-state index contributed by atoms with van der Waals surface area (Å²) in [6.45, 7) is 2.41. The molecule has 2 fully saturated rings. The third-order valence-electron chi connectivity index (χ3n) is 4.56. The van der Waals surface area contributed by atoms with E-state index in [1.807, 2.05) is 11.3 Å². The molecule has 1 aliphatic heterocycles. The van der Waals surface area contributed by atoms with Gasteiger partial charge in [0.05, 0.1) is 3.79 Å². The second-order valence-electron chi connectivity index (χ2n) is 5.58. The number of hydrogen-bond acceptors (Lipinski definition) is 2. The van der Waals surface area contributed by atoms with E-state index in [4.69, 9.17) is 0 Å². The average Bonchev–Trinajstić information content (AvgIpc) is 3.01. The van der Waals surface area contributed by atoms with E-state index in [2.05, 4.69) is 43.2 Å². The van der Waals surface area contributed by atoms with Gasteiger partial charge in [-0.15, -0.1) is 11.3 Å². The lowest BCUT2D eigenvalue weighted by molar-refractivity contribution is 0.233. The van der Waals surface area contributed by atoms with E-state index in [-0.39, 0.29) is 0 Å². The minimum absolute atomic E-state index is 0.780. The summed E-state index contributed by atoms with van der Waals surface area (Å²) in [5.41, 5.74) is 0. The van der Waals surface area contributed by atoms with Gasteiger partial charge in [0.15, 0.2) is 0 Å². The van der Waals surface area contributed by atoms with Gasteiger partial charge in [-0.05, 0) is 75.2 Å². The summed E-state index contributed by atoms with van der Waals surface area (Å²) in [7, 11) is 0. The van der Waals surface area contributed by atoms with Gasteiger partial charge in [-0.25, -0.2) is 0 Å². The van der Waals surface area contributed by atoms with Crippen LogP contribution in [0.5, 0.6) is 0 Å². The molecule has 2 atom stereocenters. The fraction of sp³-hybridized carbons (Fsp3) is 0.714. The third-order valence-corrected chi connectivity index (χ3v) is 7.95. The maximum atomic E-state index is 3.64. The van der Waals surface area contributed by atoms with Gasteiger partial charge in [-0.1, -0.05) is 25.7 Å². The normalized spacial score (nSPS) is 29.9. The Kier molecular flexibility index (Phi) is 4.49. The Hall–Kier alpha value is 0.620. The Labute approximate surface area is 130 Å². The largest absolute Gasteiger partial charge is 0.316 e. The minimum Gasteiger partial charge on any atom is -0.316 e. The van der Waals surface area contributed by atoms with Crippen molar-refractivity contribution in [2.24, 2.45) is 11.8 Å². The summed E-state index contributed by atoms with van der Waals surface area (Å²) in [6.07, 6.45) is 7.12. The second kappa shape index (κ2) is 5.94.